The fourth-order valence-corrected chi connectivity index (χ4v) is 3.69. The van der Waals surface area contributed by atoms with E-state index in [0.717, 1.165) is 5.56 Å². The summed E-state index contributed by atoms with van der Waals surface area (Å²) in [7, 11) is 0. The molecule has 10 nitrogen and oxygen atoms in total. The Morgan fingerprint density at radius 2 is 1.87 bits per heavy atom. The van der Waals surface area contributed by atoms with E-state index in [1.807, 2.05) is 30.3 Å². The van der Waals surface area contributed by atoms with Crippen molar-refractivity contribution in [2.45, 2.75) is 32.9 Å². The van der Waals surface area contributed by atoms with Gasteiger partial charge in [0, 0.05) is 19.6 Å². The van der Waals surface area contributed by atoms with Gasteiger partial charge in [-0.25, -0.2) is 4.79 Å². The summed E-state index contributed by atoms with van der Waals surface area (Å²) in [5, 5.41) is 2.79. The van der Waals surface area contributed by atoms with Gasteiger partial charge in [0.15, 0.2) is 5.69 Å². The Morgan fingerprint density at radius 1 is 1.19 bits per heavy atom. The molecule has 1 saturated heterocycles. The molecule has 3 rings (SSSR count). The molecule has 2 amide bonds. The number of H-pyrrole nitrogens is 1. The van der Waals surface area contributed by atoms with Crippen LogP contribution in [0.15, 0.2) is 39.9 Å². The highest BCUT2D eigenvalue weighted by Gasteiger charge is 2.39. The second kappa shape index (κ2) is 8.76. The van der Waals surface area contributed by atoms with Gasteiger partial charge in [-0.15, -0.1) is 0 Å². The molecule has 10 heteroatoms. The van der Waals surface area contributed by atoms with Crippen LogP contribution in [-0.4, -0.2) is 58.0 Å². The number of nitrogens with one attached hydrogen (secondary N) is 2. The first-order chi connectivity index (χ1) is 14.7. The number of aromatic nitrogens is 2. The molecule has 0 unspecified atom stereocenters. The summed E-state index contributed by atoms with van der Waals surface area (Å²) in [6, 6.07) is 9.20. The third kappa shape index (κ3) is 4.38. The van der Waals surface area contributed by atoms with Crippen molar-refractivity contribution in [3.05, 3.63) is 56.7 Å². The number of anilines is 2. The maximum Gasteiger partial charge on any atom is 0.330 e. The summed E-state index contributed by atoms with van der Waals surface area (Å²) >= 11 is 0. The van der Waals surface area contributed by atoms with Crippen molar-refractivity contribution in [2.75, 3.05) is 36.8 Å². The average Bonchev–Trinajstić information content (AvgIpc) is 2.72. The predicted octanol–water partition coefficient (Wildman–Crippen LogP) is -0.270. The van der Waals surface area contributed by atoms with E-state index >= 15 is 0 Å². The van der Waals surface area contributed by atoms with E-state index in [0.29, 0.717) is 13.1 Å². The molecule has 0 saturated carbocycles. The number of benzene rings is 1. The van der Waals surface area contributed by atoms with Gasteiger partial charge >= 0.3 is 5.69 Å². The van der Waals surface area contributed by atoms with Gasteiger partial charge in [0.1, 0.15) is 5.82 Å². The molecule has 1 aliphatic heterocycles. The number of amides is 2. The van der Waals surface area contributed by atoms with Crippen LogP contribution in [0.2, 0.25) is 0 Å². The summed E-state index contributed by atoms with van der Waals surface area (Å²) < 4.78 is 1.24. The third-order valence-electron chi connectivity index (χ3n) is 5.62. The number of rotatable bonds is 6. The van der Waals surface area contributed by atoms with Crippen LogP contribution in [-0.2, 0) is 16.1 Å². The van der Waals surface area contributed by atoms with Crippen molar-refractivity contribution < 1.29 is 9.59 Å². The molecule has 31 heavy (non-hydrogen) atoms. The van der Waals surface area contributed by atoms with E-state index in [1.54, 1.807) is 25.7 Å². The minimum atomic E-state index is -0.864. The van der Waals surface area contributed by atoms with Gasteiger partial charge in [0.05, 0.1) is 18.6 Å². The van der Waals surface area contributed by atoms with E-state index in [4.69, 9.17) is 5.73 Å². The Kier molecular flexibility index (Phi) is 6.30. The number of nitrogens with two attached hydrogens (primary N) is 1. The Hall–Kier alpha value is -3.40. The first-order valence-electron chi connectivity index (χ1n) is 10.2. The topological polar surface area (TPSA) is 134 Å². The van der Waals surface area contributed by atoms with Crippen LogP contribution in [0.5, 0.6) is 0 Å². The van der Waals surface area contributed by atoms with E-state index in [1.165, 1.54) is 9.47 Å². The predicted molar refractivity (Wildman–Crippen MR) is 118 cm³/mol. The first kappa shape index (κ1) is 22.3. The third-order valence-corrected chi connectivity index (χ3v) is 5.62. The van der Waals surface area contributed by atoms with Gasteiger partial charge in [-0.05, 0) is 26.3 Å². The number of aromatic amines is 1. The largest absolute Gasteiger partial charge is 0.383 e. The highest BCUT2D eigenvalue weighted by Crippen LogP contribution is 2.21. The fraction of sp³-hybridized carbons (Fsp3) is 0.429. The van der Waals surface area contributed by atoms with E-state index < -0.39 is 16.8 Å². The van der Waals surface area contributed by atoms with E-state index in [9.17, 15) is 19.2 Å². The molecular formula is C21H28N6O4. The number of carbonyl (C=O) groups excluding carboxylic acids is 2. The molecule has 0 spiro atoms. The Balaban J connectivity index is 1.95. The number of nitrogens with zero attached hydrogens (tertiary/aromatic N) is 3. The Bertz CT molecular complexity index is 1090. The number of hydrogen-bond donors (Lipinski definition) is 3. The van der Waals surface area contributed by atoms with Crippen LogP contribution in [0.1, 0.15) is 26.3 Å². The van der Waals surface area contributed by atoms with Crippen molar-refractivity contribution in [3.63, 3.8) is 0 Å². The standard InChI is InChI=1S/C21H28N6O4/c1-4-26(15(28)13-25-11-10-23-19(30)21(25,2)3)16-17(22)27(20(31)24-18(16)29)12-14-8-6-5-7-9-14/h5-9H,4,10-13,22H2,1-3H3,(H,23,30)(H,24,29,31). The zero-order valence-corrected chi connectivity index (χ0v) is 18.0. The molecule has 0 aliphatic carbocycles. The lowest BCUT2D eigenvalue weighted by atomic mass is 9.99. The van der Waals surface area contributed by atoms with Gasteiger partial charge in [0.25, 0.3) is 5.56 Å². The molecule has 1 aliphatic rings. The number of piperazine rings is 1. The van der Waals surface area contributed by atoms with Crippen molar-refractivity contribution in [1.82, 2.24) is 19.8 Å². The zero-order chi connectivity index (χ0) is 22.8. The van der Waals surface area contributed by atoms with Crippen molar-refractivity contribution >= 4 is 23.3 Å². The minimum Gasteiger partial charge on any atom is -0.383 e. The summed E-state index contributed by atoms with van der Waals surface area (Å²) in [6.07, 6.45) is 0. The molecule has 2 aromatic rings. The molecule has 166 valence electrons. The molecular weight excluding hydrogens is 400 g/mol. The molecule has 1 fully saturated rings. The monoisotopic (exact) mass is 428 g/mol. The van der Waals surface area contributed by atoms with Crippen molar-refractivity contribution in [1.29, 1.82) is 0 Å². The lowest BCUT2D eigenvalue weighted by molar-refractivity contribution is -0.136. The van der Waals surface area contributed by atoms with Gasteiger partial charge in [-0.3, -0.25) is 28.8 Å². The zero-order valence-electron chi connectivity index (χ0n) is 18.0. The molecule has 1 aromatic carbocycles. The minimum absolute atomic E-state index is 0.0645. The maximum atomic E-state index is 13.2. The SMILES string of the molecule is CCN(C(=O)CN1CCNC(=O)C1(C)C)c1c(N)n(Cc2ccccc2)c(=O)[nH]c1=O. The summed E-state index contributed by atoms with van der Waals surface area (Å²) in [6.45, 7) is 6.41. The van der Waals surface area contributed by atoms with Crippen LogP contribution in [0.25, 0.3) is 0 Å². The summed E-state index contributed by atoms with van der Waals surface area (Å²) in [5.74, 6) is -0.626. The normalized spacial score (nSPS) is 16.0. The molecule has 1 aromatic heterocycles. The quantitative estimate of drug-likeness (QED) is 0.580. The number of carbonyl (C=O) groups is 2. The van der Waals surface area contributed by atoms with E-state index in [2.05, 4.69) is 10.3 Å². The Labute approximate surface area is 179 Å². The van der Waals surface area contributed by atoms with Crippen LogP contribution in [0.4, 0.5) is 11.5 Å². The van der Waals surface area contributed by atoms with Gasteiger partial charge in [-0.1, -0.05) is 30.3 Å². The van der Waals surface area contributed by atoms with Crippen LogP contribution >= 0.6 is 0 Å². The number of likely N-dealkylation sites (N-methyl/N-ethyl adjacent to an activating group) is 1. The van der Waals surface area contributed by atoms with Gasteiger partial charge < -0.3 is 16.0 Å². The van der Waals surface area contributed by atoms with Gasteiger partial charge in [0.2, 0.25) is 11.8 Å². The number of nitrogen functional groups attached to an aromatic ring is 1. The van der Waals surface area contributed by atoms with Crippen molar-refractivity contribution in [2.24, 2.45) is 0 Å². The Morgan fingerprint density at radius 3 is 2.52 bits per heavy atom. The molecule has 2 heterocycles. The fourth-order valence-electron chi connectivity index (χ4n) is 3.69. The molecule has 0 radical (unpaired) electrons. The summed E-state index contributed by atoms with van der Waals surface area (Å²) in [5.41, 5.74) is 4.75. The molecule has 0 bridgehead atoms. The van der Waals surface area contributed by atoms with Gasteiger partial charge in [-0.2, -0.15) is 0 Å². The lowest BCUT2D eigenvalue weighted by Crippen LogP contribution is -2.63. The van der Waals surface area contributed by atoms with Crippen molar-refractivity contribution in [3.8, 4) is 0 Å². The summed E-state index contributed by atoms with van der Waals surface area (Å²) in [4.78, 5) is 55.7. The second-order valence-corrected chi connectivity index (χ2v) is 7.94. The van der Waals surface area contributed by atoms with Crippen LogP contribution < -0.4 is 27.2 Å². The maximum absolute atomic E-state index is 13.2. The highest BCUT2D eigenvalue weighted by atomic mass is 16.2. The average molecular weight is 428 g/mol. The van der Waals surface area contributed by atoms with Crippen LogP contribution in [0.3, 0.4) is 0 Å². The molecule has 0 atom stereocenters. The van der Waals surface area contributed by atoms with E-state index in [-0.39, 0.29) is 43.0 Å². The second-order valence-electron chi connectivity index (χ2n) is 7.94. The first-order valence-corrected chi connectivity index (χ1v) is 10.2. The lowest BCUT2D eigenvalue weighted by Gasteiger charge is -2.41. The smallest absolute Gasteiger partial charge is 0.330 e. The molecule has 4 N–H and O–H groups in total. The highest BCUT2D eigenvalue weighted by molar-refractivity contribution is 5.97. The van der Waals surface area contributed by atoms with Crippen LogP contribution in [0, 0.1) is 0 Å². The number of hydrogen-bond acceptors (Lipinski definition) is 6.